The van der Waals surface area contributed by atoms with E-state index in [2.05, 4.69) is 0 Å². The highest BCUT2D eigenvalue weighted by atomic mass is 32.1. The van der Waals surface area contributed by atoms with Crippen molar-refractivity contribution in [3.8, 4) is 5.75 Å². The second-order valence-corrected chi connectivity index (χ2v) is 4.52. The number of hydrogen-bond acceptors (Lipinski definition) is 3. The lowest BCUT2D eigenvalue weighted by Gasteiger charge is -2.04. The van der Waals surface area contributed by atoms with Crippen molar-refractivity contribution in [3.05, 3.63) is 51.7 Å². The van der Waals surface area contributed by atoms with Gasteiger partial charge in [0.25, 0.3) is 0 Å². The van der Waals surface area contributed by atoms with Gasteiger partial charge in [-0.25, -0.2) is 0 Å². The molecule has 1 aromatic heterocycles. The van der Waals surface area contributed by atoms with Crippen LogP contribution in [0.15, 0.2) is 35.7 Å². The Labute approximate surface area is 98.5 Å². The average Bonchev–Trinajstić information content (AvgIpc) is 2.76. The molecule has 2 rings (SSSR count). The molecule has 0 amide bonds. The summed E-state index contributed by atoms with van der Waals surface area (Å²) in [5.41, 5.74) is 2.25. The number of thiophene rings is 1. The minimum Gasteiger partial charge on any atom is -0.489 e. The van der Waals surface area contributed by atoms with E-state index in [1.807, 2.05) is 42.6 Å². The Kier molecular flexibility index (Phi) is 3.37. The summed E-state index contributed by atoms with van der Waals surface area (Å²) >= 11 is 1.44. The van der Waals surface area contributed by atoms with Crippen LogP contribution in [-0.4, -0.2) is 6.29 Å². The molecular formula is C13H12O2S. The number of aldehydes is 1. The molecule has 2 aromatic rings. The molecular weight excluding hydrogens is 220 g/mol. The first-order valence-corrected chi connectivity index (χ1v) is 5.88. The molecule has 0 bridgehead atoms. The van der Waals surface area contributed by atoms with Gasteiger partial charge in [-0.1, -0.05) is 17.7 Å². The molecule has 1 aromatic carbocycles. The van der Waals surface area contributed by atoms with Gasteiger partial charge in [0.05, 0.1) is 4.88 Å². The van der Waals surface area contributed by atoms with E-state index in [4.69, 9.17) is 4.74 Å². The topological polar surface area (TPSA) is 26.3 Å². The number of rotatable bonds is 4. The van der Waals surface area contributed by atoms with Gasteiger partial charge in [-0.15, -0.1) is 11.3 Å². The summed E-state index contributed by atoms with van der Waals surface area (Å²) in [7, 11) is 0. The number of ether oxygens (including phenoxy) is 1. The molecule has 0 unspecified atom stereocenters. The molecule has 3 heteroatoms. The molecule has 0 saturated heterocycles. The van der Waals surface area contributed by atoms with Crippen LogP contribution in [0.4, 0.5) is 0 Å². The summed E-state index contributed by atoms with van der Waals surface area (Å²) in [6, 6.07) is 9.77. The van der Waals surface area contributed by atoms with E-state index in [1.54, 1.807) is 0 Å². The molecule has 0 spiro atoms. The molecule has 0 saturated carbocycles. The zero-order valence-electron chi connectivity index (χ0n) is 8.97. The summed E-state index contributed by atoms with van der Waals surface area (Å²) in [5, 5.41) is 1.94. The summed E-state index contributed by atoms with van der Waals surface area (Å²) in [5.74, 6) is 0.851. The standard InChI is InChI=1S/C13H12O2S/c1-10-2-4-12(5-3-10)15-8-11-6-13(7-14)16-9-11/h2-7,9H,8H2,1H3. The van der Waals surface area contributed by atoms with Crippen LogP contribution in [0.1, 0.15) is 20.8 Å². The van der Waals surface area contributed by atoms with Crippen LogP contribution in [0.2, 0.25) is 0 Å². The maximum atomic E-state index is 10.5. The summed E-state index contributed by atoms with van der Waals surface area (Å²) in [6.45, 7) is 2.55. The van der Waals surface area contributed by atoms with Gasteiger partial charge in [-0.3, -0.25) is 4.79 Å². The molecule has 16 heavy (non-hydrogen) atoms. The number of hydrogen-bond donors (Lipinski definition) is 0. The molecule has 2 nitrogen and oxygen atoms in total. The van der Waals surface area contributed by atoms with Gasteiger partial charge in [0.15, 0.2) is 6.29 Å². The van der Waals surface area contributed by atoms with Gasteiger partial charge < -0.3 is 4.74 Å². The Bertz CT molecular complexity index is 471. The van der Waals surface area contributed by atoms with Crippen LogP contribution < -0.4 is 4.74 Å². The zero-order valence-corrected chi connectivity index (χ0v) is 9.79. The molecule has 0 fully saturated rings. The Morgan fingerprint density at radius 2 is 2.06 bits per heavy atom. The molecule has 0 N–H and O–H groups in total. The number of carbonyl (C=O) groups is 1. The van der Waals surface area contributed by atoms with Gasteiger partial charge in [0.2, 0.25) is 0 Å². The lowest BCUT2D eigenvalue weighted by molar-refractivity contribution is 0.112. The second kappa shape index (κ2) is 4.94. The van der Waals surface area contributed by atoms with Gasteiger partial charge in [-0.05, 0) is 30.5 Å². The number of benzene rings is 1. The fourth-order valence-electron chi connectivity index (χ4n) is 1.33. The largest absolute Gasteiger partial charge is 0.489 e. The fourth-order valence-corrected chi connectivity index (χ4v) is 2.03. The Hall–Kier alpha value is -1.61. The van der Waals surface area contributed by atoms with Crippen molar-refractivity contribution in [2.45, 2.75) is 13.5 Å². The lowest BCUT2D eigenvalue weighted by Crippen LogP contribution is -1.93. The second-order valence-electron chi connectivity index (χ2n) is 3.58. The molecule has 82 valence electrons. The summed E-state index contributed by atoms with van der Waals surface area (Å²) in [4.78, 5) is 11.2. The monoisotopic (exact) mass is 232 g/mol. The maximum Gasteiger partial charge on any atom is 0.160 e. The van der Waals surface area contributed by atoms with Crippen LogP contribution in [-0.2, 0) is 6.61 Å². The third-order valence-electron chi connectivity index (χ3n) is 2.22. The van der Waals surface area contributed by atoms with Crippen molar-refractivity contribution in [2.24, 2.45) is 0 Å². The van der Waals surface area contributed by atoms with Crippen molar-refractivity contribution in [2.75, 3.05) is 0 Å². The minimum absolute atomic E-state index is 0.507. The summed E-state index contributed by atoms with van der Waals surface area (Å²) in [6.07, 6.45) is 0.861. The van der Waals surface area contributed by atoms with Crippen molar-refractivity contribution >= 4 is 17.6 Å². The van der Waals surface area contributed by atoms with Crippen molar-refractivity contribution in [3.63, 3.8) is 0 Å². The van der Waals surface area contributed by atoms with Crippen LogP contribution >= 0.6 is 11.3 Å². The smallest absolute Gasteiger partial charge is 0.160 e. The van der Waals surface area contributed by atoms with Crippen molar-refractivity contribution in [1.82, 2.24) is 0 Å². The van der Waals surface area contributed by atoms with Gasteiger partial charge in [0.1, 0.15) is 12.4 Å². The average molecular weight is 232 g/mol. The highest BCUT2D eigenvalue weighted by Crippen LogP contribution is 2.17. The predicted molar refractivity (Wildman–Crippen MR) is 65.2 cm³/mol. The number of carbonyl (C=O) groups excluding carboxylic acids is 1. The highest BCUT2D eigenvalue weighted by Gasteiger charge is 1.99. The first kappa shape index (κ1) is 10.9. The molecule has 1 heterocycles. The third kappa shape index (κ3) is 2.70. The molecule has 0 atom stereocenters. The lowest BCUT2D eigenvalue weighted by atomic mass is 10.2. The van der Waals surface area contributed by atoms with Crippen LogP contribution in [0, 0.1) is 6.92 Å². The van der Waals surface area contributed by atoms with E-state index in [0.717, 1.165) is 22.5 Å². The van der Waals surface area contributed by atoms with Gasteiger partial charge in [0, 0.05) is 5.56 Å². The van der Waals surface area contributed by atoms with Crippen LogP contribution in [0.5, 0.6) is 5.75 Å². The van der Waals surface area contributed by atoms with Gasteiger partial charge >= 0.3 is 0 Å². The SMILES string of the molecule is Cc1ccc(OCc2csc(C=O)c2)cc1. The highest BCUT2D eigenvalue weighted by molar-refractivity contribution is 7.11. The van der Waals surface area contributed by atoms with E-state index in [9.17, 15) is 4.79 Å². The maximum absolute atomic E-state index is 10.5. The van der Waals surface area contributed by atoms with E-state index in [0.29, 0.717) is 6.61 Å². The van der Waals surface area contributed by atoms with Gasteiger partial charge in [-0.2, -0.15) is 0 Å². The van der Waals surface area contributed by atoms with Crippen molar-refractivity contribution < 1.29 is 9.53 Å². The quantitative estimate of drug-likeness (QED) is 0.755. The normalized spacial score (nSPS) is 10.1. The predicted octanol–water partition coefficient (Wildman–Crippen LogP) is 3.45. The van der Waals surface area contributed by atoms with Crippen LogP contribution in [0.25, 0.3) is 0 Å². The number of aryl methyl sites for hydroxylation is 1. The molecule has 0 aliphatic rings. The molecule has 0 radical (unpaired) electrons. The van der Waals surface area contributed by atoms with E-state index >= 15 is 0 Å². The van der Waals surface area contributed by atoms with Crippen molar-refractivity contribution in [1.29, 1.82) is 0 Å². The third-order valence-corrected chi connectivity index (χ3v) is 3.12. The van der Waals surface area contributed by atoms with Crippen LogP contribution in [0.3, 0.4) is 0 Å². The van der Waals surface area contributed by atoms with E-state index in [-0.39, 0.29) is 0 Å². The minimum atomic E-state index is 0.507. The Morgan fingerprint density at radius 1 is 1.31 bits per heavy atom. The first-order chi connectivity index (χ1) is 7.78. The molecule has 0 aliphatic carbocycles. The summed E-state index contributed by atoms with van der Waals surface area (Å²) < 4.78 is 5.60. The zero-order chi connectivity index (χ0) is 11.4. The fraction of sp³-hybridized carbons (Fsp3) is 0.154. The van der Waals surface area contributed by atoms with E-state index in [1.165, 1.54) is 16.9 Å². The Balaban J connectivity index is 1.96. The Morgan fingerprint density at radius 3 is 2.69 bits per heavy atom. The van der Waals surface area contributed by atoms with E-state index < -0.39 is 0 Å². The first-order valence-electron chi connectivity index (χ1n) is 5.00. The molecule has 0 aliphatic heterocycles.